The maximum absolute atomic E-state index is 5.07. The van der Waals surface area contributed by atoms with Gasteiger partial charge in [0.25, 0.3) is 0 Å². The summed E-state index contributed by atoms with van der Waals surface area (Å²) >= 11 is 1.86. The summed E-state index contributed by atoms with van der Waals surface area (Å²) in [5, 5.41) is 5.16. The van der Waals surface area contributed by atoms with Crippen LogP contribution in [0.5, 0.6) is 0 Å². The van der Waals surface area contributed by atoms with Crippen molar-refractivity contribution in [1.29, 1.82) is 0 Å². The molecule has 0 atom stereocenters. The zero-order valence-corrected chi connectivity index (χ0v) is 28.6. The Morgan fingerprint density at radius 3 is 1.73 bits per heavy atom. The average Bonchev–Trinajstić information content (AvgIpc) is 3.74. The third-order valence-corrected chi connectivity index (χ3v) is 10.9. The van der Waals surface area contributed by atoms with Crippen molar-refractivity contribution in [3.8, 4) is 51.0 Å². The number of fused-ring (bicyclic) bond motifs is 7. The van der Waals surface area contributed by atoms with E-state index in [1.165, 1.54) is 47.5 Å². The van der Waals surface area contributed by atoms with Crippen LogP contribution in [0.25, 0.3) is 93.0 Å². The van der Waals surface area contributed by atoms with Crippen molar-refractivity contribution >= 4 is 53.3 Å². The highest BCUT2D eigenvalue weighted by atomic mass is 32.1. The molecule has 3 heterocycles. The van der Waals surface area contributed by atoms with Crippen LogP contribution in [0.4, 0.5) is 0 Å². The van der Waals surface area contributed by atoms with E-state index in [2.05, 4.69) is 115 Å². The molecule has 240 valence electrons. The summed E-state index contributed by atoms with van der Waals surface area (Å²) in [6, 6.07) is 57.9. The van der Waals surface area contributed by atoms with Crippen molar-refractivity contribution in [2.75, 3.05) is 0 Å². The lowest BCUT2D eigenvalue weighted by molar-refractivity contribution is 1.07. The van der Waals surface area contributed by atoms with Crippen LogP contribution in [-0.4, -0.2) is 19.5 Å². The fourth-order valence-electron chi connectivity index (χ4n) is 7.31. The van der Waals surface area contributed by atoms with Gasteiger partial charge in [0.2, 0.25) is 0 Å². The molecule has 0 aliphatic carbocycles. The second-order valence-corrected chi connectivity index (χ2v) is 14.0. The van der Waals surface area contributed by atoms with Crippen LogP contribution < -0.4 is 0 Å². The largest absolute Gasteiger partial charge is 0.309 e. The molecule has 0 aliphatic heterocycles. The maximum Gasteiger partial charge on any atom is 0.164 e. The van der Waals surface area contributed by atoms with E-state index in [1.807, 2.05) is 72.0 Å². The summed E-state index contributed by atoms with van der Waals surface area (Å²) in [5.41, 5.74) is 9.75. The van der Waals surface area contributed by atoms with Gasteiger partial charge in [-0.05, 0) is 55.0 Å². The molecule has 0 radical (unpaired) electrons. The molecule has 51 heavy (non-hydrogen) atoms. The smallest absolute Gasteiger partial charge is 0.164 e. The Labute approximate surface area is 299 Å². The molecule has 0 aliphatic rings. The monoisotopic (exact) mass is 670 g/mol. The minimum absolute atomic E-state index is 0.635. The van der Waals surface area contributed by atoms with Gasteiger partial charge in [0.05, 0.1) is 16.7 Å². The first kappa shape index (κ1) is 29.5. The molecule has 10 rings (SSSR count). The Kier molecular flexibility index (Phi) is 6.86. The van der Waals surface area contributed by atoms with Crippen molar-refractivity contribution in [3.63, 3.8) is 0 Å². The van der Waals surface area contributed by atoms with E-state index in [1.54, 1.807) is 0 Å². The van der Waals surface area contributed by atoms with Crippen LogP contribution >= 0.6 is 11.3 Å². The summed E-state index contributed by atoms with van der Waals surface area (Å²) in [7, 11) is 0. The lowest BCUT2D eigenvalue weighted by atomic mass is 9.99. The number of nitrogens with zero attached hydrogens (tertiary/aromatic N) is 4. The molecule has 0 bridgehead atoms. The summed E-state index contributed by atoms with van der Waals surface area (Å²) in [5.74, 6) is 1.93. The molecule has 0 spiro atoms. The molecule has 0 saturated carbocycles. The molecule has 7 aromatic carbocycles. The number of aryl methyl sites for hydroxylation is 1. The van der Waals surface area contributed by atoms with E-state index in [4.69, 9.17) is 15.0 Å². The van der Waals surface area contributed by atoms with Crippen LogP contribution in [0.1, 0.15) is 5.56 Å². The number of hydrogen-bond acceptors (Lipinski definition) is 4. The first-order valence-corrected chi connectivity index (χ1v) is 17.9. The van der Waals surface area contributed by atoms with Crippen molar-refractivity contribution in [1.82, 2.24) is 19.5 Å². The third-order valence-electron chi connectivity index (χ3n) is 9.73. The Morgan fingerprint density at radius 1 is 0.431 bits per heavy atom. The van der Waals surface area contributed by atoms with Gasteiger partial charge in [0, 0.05) is 53.2 Å². The standard InChI is InChI=1S/C46H30N4S/c1-29-20-22-30(23-21-29)36-28-33(46-48-44(31-12-4-2-5-13-31)47-45(49-46)32-14-6-3-7-15-32)24-25-38(36)50-37-18-10-8-16-34(37)42-39(50)26-27-41-43(42)35-17-9-11-19-40(35)51-41/h2-28H,1H3. The highest BCUT2D eigenvalue weighted by Gasteiger charge is 2.21. The summed E-state index contributed by atoms with van der Waals surface area (Å²) in [4.78, 5) is 15.1. The molecular weight excluding hydrogens is 641 g/mol. The van der Waals surface area contributed by atoms with Crippen molar-refractivity contribution in [2.45, 2.75) is 6.92 Å². The van der Waals surface area contributed by atoms with E-state index in [-0.39, 0.29) is 0 Å². The topological polar surface area (TPSA) is 43.6 Å². The first-order valence-electron chi connectivity index (χ1n) is 17.1. The number of benzene rings is 7. The summed E-state index contributed by atoms with van der Waals surface area (Å²) in [6.45, 7) is 2.13. The molecule has 10 aromatic rings. The summed E-state index contributed by atoms with van der Waals surface area (Å²) < 4.78 is 5.05. The molecule has 0 unspecified atom stereocenters. The zero-order chi connectivity index (χ0) is 33.9. The van der Waals surface area contributed by atoms with Gasteiger partial charge in [0.1, 0.15) is 0 Å². The van der Waals surface area contributed by atoms with Crippen LogP contribution in [0.15, 0.2) is 164 Å². The van der Waals surface area contributed by atoms with Gasteiger partial charge in [0.15, 0.2) is 17.5 Å². The normalized spacial score (nSPS) is 11.6. The fraction of sp³-hybridized carbons (Fsp3) is 0.0217. The second-order valence-electron chi connectivity index (χ2n) is 12.9. The molecular formula is C46H30N4S. The van der Waals surface area contributed by atoms with Crippen LogP contribution in [-0.2, 0) is 0 Å². The van der Waals surface area contributed by atoms with Crippen LogP contribution in [0.3, 0.4) is 0 Å². The first-order chi connectivity index (χ1) is 25.2. The minimum Gasteiger partial charge on any atom is -0.309 e. The number of rotatable bonds is 5. The van der Waals surface area contributed by atoms with Crippen molar-refractivity contribution in [2.24, 2.45) is 0 Å². The Balaban J connectivity index is 1.25. The number of aromatic nitrogens is 4. The lowest BCUT2D eigenvalue weighted by Crippen LogP contribution is -2.02. The SMILES string of the molecule is Cc1ccc(-c2cc(-c3nc(-c4ccccc4)nc(-c4ccccc4)n3)ccc2-n2c3ccccc3c3c4c(ccc32)sc2ccccc24)cc1. The molecule has 0 saturated heterocycles. The summed E-state index contributed by atoms with van der Waals surface area (Å²) in [6.07, 6.45) is 0. The van der Waals surface area contributed by atoms with E-state index >= 15 is 0 Å². The van der Waals surface area contributed by atoms with Gasteiger partial charge in [-0.25, -0.2) is 15.0 Å². The van der Waals surface area contributed by atoms with Gasteiger partial charge in [-0.3, -0.25) is 0 Å². The Hall–Kier alpha value is -6.43. The molecule has 0 N–H and O–H groups in total. The van der Waals surface area contributed by atoms with Gasteiger partial charge in [-0.15, -0.1) is 11.3 Å². The molecule has 0 amide bonds. The number of thiophene rings is 1. The van der Waals surface area contributed by atoms with E-state index < -0.39 is 0 Å². The lowest BCUT2D eigenvalue weighted by Gasteiger charge is -2.16. The molecule has 4 nitrogen and oxygen atoms in total. The number of hydrogen-bond donors (Lipinski definition) is 0. The van der Waals surface area contributed by atoms with Gasteiger partial charge in [-0.1, -0.05) is 127 Å². The minimum atomic E-state index is 0.635. The zero-order valence-electron chi connectivity index (χ0n) is 27.8. The van der Waals surface area contributed by atoms with Gasteiger partial charge in [-0.2, -0.15) is 0 Å². The maximum atomic E-state index is 5.07. The number of para-hydroxylation sites is 1. The third kappa shape index (κ3) is 4.93. The van der Waals surface area contributed by atoms with Gasteiger partial charge >= 0.3 is 0 Å². The van der Waals surface area contributed by atoms with Crippen molar-refractivity contribution < 1.29 is 0 Å². The molecule has 3 aromatic heterocycles. The van der Waals surface area contributed by atoms with Crippen LogP contribution in [0.2, 0.25) is 0 Å². The van der Waals surface area contributed by atoms with Gasteiger partial charge < -0.3 is 4.57 Å². The molecule has 0 fully saturated rings. The highest BCUT2D eigenvalue weighted by molar-refractivity contribution is 7.26. The Morgan fingerprint density at radius 2 is 1.02 bits per heavy atom. The van der Waals surface area contributed by atoms with E-state index in [9.17, 15) is 0 Å². The highest BCUT2D eigenvalue weighted by Crippen LogP contribution is 2.44. The van der Waals surface area contributed by atoms with Crippen molar-refractivity contribution in [3.05, 3.63) is 169 Å². The average molecular weight is 671 g/mol. The Bertz CT molecular complexity index is 2850. The van der Waals surface area contributed by atoms with Crippen LogP contribution in [0, 0.1) is 6.92 Å². The fourth-order valence-corrected chi connectivity index (χ4v) is 8.42. The quantitative estimate of drug-likeness (QED) is 0.183. The van der Waals surface area contributed by atoms with E-state index in [0.29, 0.717) is 17.5 Å². The molecule has 5 heteroatoms. The van der Waals surface area contributed by atoms with E-state index in [0.717, 1.165) is 33.5 Å². The second kappa shape index (κ2) is 11.9. The predicted molar refractivity (Wildman–Crippen MR) is 214 cm³/mol. The predicted octanol–water partition coefficient (Wildman–Crippen LogP) is 12.3.